The van der Waals surface area contributed by atoms with Crippen LogP contribution in [0.5, 0.6) is 0 Å². The largest absolute Gasteiger partial charge is 0.290 e. The van der Waals surface area contributed by atoms with Crippen LogP contribution in [0.25, 0.3) is 0 Å². The topological polar surface area (TPSA) is 89.3 Å². The standard InChI is InChI=1S/C12H13ClN2O4S/c1-3-5-10(4-2)14-20(18,19)12-7-6-9(13)8-11(12)15(16)17/h2,6-8,10,14H,3,5H2,1H3. The van der Waals surface area contributed by atoms with Gasteiger partial charge in [0.15, 0.2) is 4.90 Å². The SMILES string of the molecule is C#CC(CCC)NS(=O)(=O)c1ccc(Cl)cc1[N+](=O)[O-]. The first-order chi connectivity index (χ1) is 9.31. The number of rotatable bonds is 6. The number of nitrogens with one attached hydrogen (secondary N) is 1. The summed E-state index contributed by atoms with van der Waals surface area (Å²) in [6.45, 7) is 1.85. The lowest BCUT2D eigenvalue weighted by atomic mass is 10.2. The summed E-state index contributed by atoms with van der Waals surface area (Å²) in [7, 11) is -4.08. The minimum Gasteiger partial charge on any atom is -0.258 e. The number of halogens is 1. The van der Waals surface area contributed by atoms with Gasteiger partial charge in [0, 0.05) is 11.1 Å². The van der Waals surface area contributed by atoms with Crippen molar-refractivity contribution in [3.63, 3.8) is 0 Å². The molecule has 1 rings (SSSR count). The van der Waals surface area contributed by atoms with E-state index in [1.54, 1.807) is 0 Å². The fourth-order valence-electron chi connectivity index (χ4n) is 1.58. The average Bonchev–Trinajstić information content (AvgIpc) is 2.37. The van der Waals surface area contributed by atoms with Gasteiger partial charge < -0.3 is 0 Å². The van der Waals surface area contributed by atoms with E-state index in [1.165, 1.54) is 6.07 Å². The first-order valence-electron chi connectivity index (χ1n) is 5.74. The van der Waals surface area contributed by atoms with Gasteiger partial charge in [-0.2, -0.15) is 4.72 Å². The molecule has 0 aliphatic rings. The highest BCUT2D eigenvalue weighted by atomic mass is 35.5. The lowest BCUT2D eigenvalue weighted by Gasteiger charge is -2.12. The van der Waals surface area contributed by atoms with Crippen LogP contribution in [0.4, 0.5) is 5.69 Å². The maximum atomic E-state index is 12.2. The van der Waals surface area contributed by atoms with Crippen LogP contribution in [-0.4, -0.2) is 19.4 Å². The van der Waals surface area contributed by atoms with Crippen molar-refractivity contribution in [2.75, 3.05) is 0 Å². The van der Waals surface area contributed by atoms with Crippen LogP contribution in [-0.2, 0) is 10.0 Å². The molecule has 20 heavy (non-hydrogen) atoms. The van der Waals surface area contributed by atoms with Gasteiger partial charge in [-0.3, -0.25) is 10.1 Å². The molecule has 0 bridgehead atoms. The van der Waals surface area contributed by atoms with E-state index >= 15 is 0 Å². The highest BCUT2D eigenvalue weighted by Gasteiger charge is 2.27. The van der Waals surface area contributed by atoms with Gasteiger partial charge in [0.2, 0.25) is 10.0 Å². The predicted octanol–water partition coefficient (Wildman–Crippen LogP) is 2.33. The second-order valence-electron chi connectivity index (χ2n) is 4.00. The summed E-state index contributed by atoms with van der Waals surface area (Å²) in [6, 6.07) is 2.64. The van der Waals surface area contributed by atoms with E-state index in [-0.39, 0.29) is 5.02 Å². The van der Waals surface area contributed by atoms with Crippen LogP contribution in [0, 0.1) is 22.5 Å². The second-order valence-corrected chi connectivity index (χ2v) is 6.12. The number of nitrogens with zero attached hydrogens (tertiary/aromatic N) is 1. The Morgan fingerprint density at radius 2 is 2.20 bits per heavy atom. The highest BCUT2D eigenvalue weighted by molar-refractivity contribution is 7.89. The third kappa shape index (κ3) is 3.93. The van der Waals surface area contributed by atoms with Gasteiger partial charge in [-0.1, -0.05) is 30.9 Å². The smallest absolute Gasteiger partial charge is 0.258 e. The first-order valence-corrected chi connectivity index (χ1v) is 7.60. The van der Waals surface area contributed by atoms with Gasteiger partial charge in [0.25, 0.3) is 5.69 Å². The van der Waals surface area contributed by atoms with Crippen molar-refractivity contribution < 1.29 is 13.3 Å². The molecule has 0 aliphatic carbocycles. The Kier molecular flexibility index (Phi) is 5.51. The summed E-state index contributed by atoms with van der Waals surface area (Å²) in [5, 5.41) is 11.0. The van der Waals surface area contributed by atoms with Gasteiger partial charge >= 0.3 is 0 Å². The molecule has 0 amide bonds. The minimum atomic E-state index is -4.08. The number of nitro benzene ring substituents is 1. The fraction of sp³-hybridized carbons (Fsp3) is 0.333. The molecule has 0 fully saturated rings. The Morgan fingerprint density at radius 3 is 2.70 bits per heavy atom. The van der Waals surface area contributed by atoms with Crippen molar-refractivity contribution in [1.29, 1.82) is 0 Å². The lowest BCUT2D eigenvalue weighted by Crippen LogP contribution is -2.34. The molecule has 0 aliphatic heterocycles. The van der Waals surface area contributed by atoms with E-state index < -0.39 is 31.6 Å². The molecule has 108 valence electrons. The van der Waals surface area contributed by atoms with E-state index in [1.807, 2.05) is 6.92 Å². The molecule has 0 saturated heterocycles. The van der Waals surface area contributed by atoms with Gasteiger partial charge in [-0.15, -0.1) is 6.42 Å². The molecule has 8 heteroatoms. The van der Waals surface area contributed by atoms with Crippen LogP contribution < -0.4 is 4.72 Å². The zero-order valence-corrected chi connectivity index (χ0v) is 12.2. The molecule has 0 aromatic heterocycles. The van der Waals surface area contributed by atoms with E-state index in [9.17, 15) is 18.5 Å². The van der Waals surface area contributed by atoms with E-state index in [0.717, 1.165) is 12.1 Å². The predicted molar refractivity (Wildman–Crippen MR) is 76.0 cm³/mol. The van der Waals surface area contributed by atoms with Gasteiger partial charge in [0.1, 0.15) is 0 Å². The van der Waals surface area contributed by atoms with Crippen LogP contribution in [0.15, 0.2) is 23.1 Å². The Morgan fingerprint density at radius 1 is 1.55 bits per heavy atom. The average molecular weight is 317 g/mol. The molecular weight excluding hydrogens is 304 g/mol. The normalized spacial score (nSPS) is 12.7. The summed E-state index contributed by atoms with van der Waals surface area (Å²) in [6.07, 6.45) is 6.36. The van der Waals surface area contributed by atoms with Crippen LogP contribution in [0.2, 0.25) is 5.02 Å². The second kappa shape index (κ2) is 6.70. The van der Waals surface area contributed by atoms with Crippen molar-refractivity contribution in [3.8, 4) is 12.3 Å². The Bertz CT molecular complexity index is 652. The molecule has 1 atom stereocenters. The number of hydrogen-bond donors (Lipinski definition) is 1. The first kappa shape index (κ1) is 16.4. The maximum absolute atomic E-state index is 12.2. The van der Waals surface area contributed by atoms with E-state index in [0.29, 0.717) is 12.8 Å². The van der Waals surface area contributed by atoms with Crippen molar-refractivity contribution in [3.05, 3.63) is 33.3 Å². The number of terminal acetylenes is 1. The van der Waals surface area contributed by atoms with Crippen molar-refractivity contribution in [2.45, 2.75) is 30.7 Å². The summed E-state index contributed by atoms with van der Waals surface area (Å²) in [5.41, 5.74) is -0.586. The third-order valence-electron chi connectivity index (χ3n) is 2.48. The van der Waals surface area contributed by atoms with Crippen LogP contribution in [0.1, 0.15) is 19.8 Å². The minimum absolute atomic E-state index is 0.0812. The molecule has 1 N–H and O–H groups in total. The quantitative estimate of drug-likeness (QED) is 0.495. The molecule has 1 aromatic carbocycles. The lowest BCUT2D eigenvalue weighted by molar-refractivity contribution is -0.387. The maximum Gasteiger partial charge on any atom is 0.290 e. The summed E-state index contributed by atoms with van der Waals surface area (Å²) in [5.74, 6) is 2.30. The number of nitro groups is 1. The molecule has 1 unspecified atom stereocenters. The van der Waals surface area contributed by atoms with Crippen LogP contribution >= 0.6 is 11.6 Å². The van der Waals surface area contributed by atoms with E-state index in [4.69, 9.17) is 18.0 Å². The Balaban J connectivity index is 3.23. The zero-order chi connectivity index (χ0) is 15.3. The van der Waals surface area contributed by atoms with Gasteiger partial charge in [-0.25, -0.2) is 8.42 Å². The highest BCUT2D eigenvalue weighted by Crippen LogP contribution is 2.27. The van der Waals surface area contributed by atoms with Crippen molar-refractivity contribution in [2.24, 2.45) is 0 Å². The molecule has 0 spiro atoms. The van der Waals surface area contributed by atoms with Crippen molar-refractivity contribution in [1.82, 2.24) is 4.72 Å². The number of sulfonamides is 1. The molecule has 1 aromatic rings. The summed E-state index contributed by atoms with van der Waals surface area (Å²) >= 11 is 5.64. The Hall–Kier alpha value is -1.62. The summed E-state index contributed by atoms with van der Waals surface area (Å²) < 4.78 is 26.6. The molecule has 6 nitrogen and oxygen atoms in total. The third-order valence-corrected chi connectivity index (χ3v) is 4.24. The van der Waals surface area contributed by atoms with Crippen LogP contribution in [0.3, 0.4) is 0 Å². The molecule has 0 radical (unpaired) electrons. The van der Waals surface area contributed by atoms with Gasteiger partial charge in [-0.05, 0) is 18.6 Å². The number of hydrogen-bond acceptors (Lipinski definition) is 4. The zero-order valence-electron chi connectivity index (χ0n) is 10.7. The monoisotopic (exact) mass is 316 g/mol. The number of benzene rings is 1. The molecule has 0 heterocycles. The summed E-state index contributed by atoms with van der Waals surface area (Å²) in [4.78, 5) is 9.66. The fourth-order valence-corrected chi connectivity index (χ4v) is 3.09. The Labute approximate surface area is 122 Å². The van der Waals surface area contributed by atoms with E-state index in [2.05, 4.69) is 10.6 Å². The van der Waals surface area contributed by atoms with Crippen molar-refractivity contribution >= 4 is 27.3 Å². The molecule has 0 saturated carbocycles. The van der Waals surface area contributed by atoms with Gasteiger partial charge in [0.05, 0.1) is 11.0 Å². The molecular formula is C12H13ClN2O4S.